The number of carbonyl (C=O) groups is 1. The summed E-state index contributed by atoms with van der Waals surface area (Å²) in [5, 5.41) is 10.6. The molecule has 6 nitrogen and oxygen atoms in total. The van der Waals surface area contributed by atoms with Crippen LogP contribution >= 0.6 is 0 Å². The fourth-order valence-corrected chi connectivity index (χ4v) is 2.63. The third kappa shape index (κ3) is 2.80. The van der Waals surface area contributed by atoms with E-state index in [2.05, 4.69) is 20.7 Å². The molecular weight excluding hydrogens is 254 g/mol. The minimum Gasteiger partial charge on any atom is -0.352 e. The average Bonchev–Trinajstić information content (AvgIpc) is 2.92. The predicted octanol–water partition coefficient (Wildman–Crippen LogP) is 0.991. The first-order chi connectivity index (χ1) is 9.84. The lowest BCUT2D eigenvalue weighted by atomic mass is 10.0. The molecule has 2 N–H and O–H groups in total. The maximum Gasteiger partial charge on any atom is 0.255 e. The number of aromatic nitrogens is 3. The van der Waals surface area contributed by atoms with E-state index < -0.39 is 0 Å². The van der Waals surface area contributed by atoms with Gasteiger partial charge in [0.15, 0.2) is 0 Å². The molecule has 0 spiro atoms. The van der Waals surface area contributed by atoms with E-state index in [1.807, 2.05) is 0 Å². The van der Waals surface area contributed by atoms with Crippen LogP contribution in [0.4, 0.5) is 0 Å². The van der Waals surface area contributed by atoms with E-state index in [-0.39, 0.29) is 5.91 Å². The molecule has 2 aromatic rings. The number of fused-ring (bicyclic) bond motifs is 1. The summed E-state index contributed by atoms with van der Waals surface area (Å²) in [7, 11) is 0. The number of piperidine rings is 1. The fourth-order valence-electron chi connectivity index (χ4n) is 2.63. The predicted molar refractivity (Wildman–Crippen MR) is 75.6 cm³/mol. The average molecular weight is 273 g/mol. The van der Waals surface area contributed by atoms with Gasteiger partial charge in [-0.25, -0.2) is 4.52 Å². The van der Waals surface area contributed by atoms with Gasteiger partial charge in [-0.3, -0.25) is 9.78 Å². The van der Waals surface area contributed by atoms with Gasteiger partial charge >= 0.3 is 0 Å². The number of amides is 1. The van der Waals surface area contributed by atoms with E-state index >= 15 is 0 Å². The first kappa shape index (κ1) is 13.1. The first-order valence-corrected chi connectivity index (χ1v) is 7.13. The molecule has 1 fully saturated rings. The molecule has 6 heteroatoms. The Morgan fingerprint density at radius 1 is 1.45 bits per heavy atom. The van der Waals surface area contributed by atoms with E-state index in [0.29, 0.717) is 18.2 Å². The van der Waals surface area contributed by atoms with E-state index in [4.69, 9.17) is 0 Å². The molecule has 20 heavy (non-hydrogen) atoms. The summed E-state index contributed by atoms with van der Waals surface area (Å²) in [6.07, 6.45) is 11.4. The van der Waals surface area contributed by atoms with Gasteiger partial charge < -0.3 is 10.6 Å². The van der Waals surface area contributed by atoms with Crippen molar-refractivity contribution < 1.29 is 4.79 Å². The minimum absolute atomic E-state index is 0.0798. The van der Waals surface area contributed by atoms with Crippen LogP contribution in [0, 0.1) is 0 Å². The molecule has 106 valence electrons. The Bertz CT molecular complexity index is 588. The van der Waals surface area contributed by atoms with Crippen LogP contribution in [0.1, 0.15) is 36.0 Å². The molecule has 0 bridgehead atoms. The summed E-state index contributed by atoms with van der Waals surface area (Å²) in [4.78, 5) is 16.2. The van der Waals surface area contributed by atoms with Crippen LogP contribution in [0.15, 0.2) is 24.8 Å². The normalized spacial score (nSPS) is 19.1. The lowest BCUT2D eigenvalue weighted by molar-refractivity contribution is 0.0953. The van der Waals surface area contributed by atoms with Gasteiger partial charge in [0.05, 0.1) is 23.5 Å². The molecule has 1 aliphatic heterocycles. The van der Waals surface area contributed by atoms with Crippen LogP contribution < -0.4 is 10.6 Å². The Balaban J connectivity index is 1.56. The minimum atomic E-state index is -0.0798. The third-order valence-corrected chi connectivity index (χ3v) is 3.76. The molecule has 0 saturated carbocycles. The van der Waals surface area contributed by atoms with Crippen molar-refractivity contribution in [2.24, 2.45) is 0 Å². The second kappa shape index (κ2) is 6.00. The Hall–Kier alpha value is -1.95. The molecule has 3 rings (SSSR count). The topological polar surface area (TPSA) is 71.3 Å². The summed E-state index contributed by atoms with van der Waals surface area (Å²) in [6, 6.07) is 0.537. The smallest absolute Gasteiger partial charge is 0.255 e. The Morgan fingerprint density at radius 2 is 2.40 bits per heavy atom. The Labute approximate surface area is 117 Å². The summed E-state index contributed by atoms with van der Waals surface area (Å²) in [5.74, 6) is -0.0798. The van der Waals surface area contributed by atoms with Gasteiger partial charge in [-0.1, -0.05) is 6.42 Å². The Morgan fingerprint density at radius 3 is 3.25 bits per heavy atom. The van der Waals surface area contributed by atoms with E-state index in [9.17, 15) is 4.79 Å². The van der Waals surface area contributed by atoms with Crippen LogP contribution in [-0.2, 0) is 0 Å². The Kier molecular flexibility index (Phi) is 3.92. The van der Waals surface area contributed by atoms with Gasteiger partial charge in [0, 0.05) is 25.0 Å². The highest BCUT2D eigenvalue weighted by Crippen LogP contribution is 2.10. The standard InChI is InChI=1S/C14H19N5O/c20-14(17-6-4-11-3-1-2-5-16-11)12-9-18-19-8-7-15-10-13(12)19/h7-11,16H,1-6H2,(H,17,20). The van der Waals surface area contributed by atoms with Gasteiger partial charge in [0.2, 0.25) is 0 Å². The van der Waals surface area contributed by atoms with E-state index in [1.165, 1.54) is 19.3 Å². The maximum atomic E-state index is 12.1. The van der Waals surface area contributed by atoms with Crippen LogP contribution in [0.3, 0.4) is 0 Å². The van der Waals surface area contributed by atoms with Crippen molar-refractivity contribution >= 4 is 11.4 Å². The second-order valence-corrected chi connectivity index (χ2v) is 5.16. The molecule has 1 amide bonds. The second-order valence-electron chi connectivity index (χ2n) is 5.16. The largest absolute Gasteiger partial charge is 0.352 e. The molecule has 1 unspecified atom stereocenters. The molecule has 1 saturated heterocycles. The van der Waals surface area contributed by atoms with Crippen LogP contribution in [0.2, 0.25) is 0 Å². The van der Waals surface area contributed by atoms with Crippen molar-refractivity contribution in [3.05, 3.63) is 30.4 Å². The highest BCUT2D eigenvalue weighted by Gasteiger charge is 2.15. The van der Waals surface area contributed by atoms with Crippen molar-refractivity contribution in [1.29, 1.82) is 0 Å². The quantitative estimate of drug-likeness (QED) is 0.871. The summed E-state index contributed by atoms with van der Waals surface area (Å²) < 4.78 is 1.66. The molecule has 1 aliphatic rings. The van der Waals surface area contributed by atoms with Crippen molar-refractivity contribution in [3.63, 3.8) is 0 Å². The van der Waals surface area contributed by atoms with Crippen molar-refractivity contribution in [2.45, 2.75) is 31.7 Å². The van der Waals surface area contributed by atoms with Crippen molar-refractivity contribution in [3.8, 4) is 0 Å². The summed E-state index contributed by atoms with van der Waals surface area (Å²) in [6.45, 7) is 1.78. The monoisotopic (exact) mass is 273 g/mol. The highest BCUT2D eigenvalue weighted by molar-refractivity contribution is 6.00. The number of rotatable bonds is 4. The van der Waals surface area contributed by atoms with Crippen LogP contribution in [0.25, 0.3) is 5.52 Å². The lowest BCUT2D eigenvalue weighted by Crippen LogP contribution is -2.37. The third-order valence-electron chi connectivity index (χ3n) is 3.76. The zero-order valence-corrected chi connectivity index (χ0v) is 11.4. The molecular formula is C14H19N5O. The first-order valence-electron chi connectivity index (χ1n) is 7.13. The van der Waals surface area contributed by atoms with Gasteiger partial charge in [-0.05, 0) is 25.8 Å². The van der Waals surface area contributed by atoms with Crippen LogP contribution in [-0.4, -0.2) is 39.6 Å². The molecule has 1 atom stereocenters. The van der Waals surface area contributed by atoms with Crippen molar-refractivity contribution in [1.82, 2.24) is 25.2 Å². The summed E-state index contributed by atoms with van der Waals surface area (Å²) >= 11 is 0. The SMILES string of the molecule is O=C(NCCC1CCCCN1)c1cnn2ccncc12. The lowest BCUT2D eigenvalue weighted by Gasteiger charge is -2.23. The number of nitrogens with one attached hydrogen (secondary N) is 2. The molecule has 0 aliphatic carbocycles. The van der Waals surface area contributed by atoms with Gasteiger partial charge in [0.1, 0.15) is 0 Å². The van der Waals surface area contributed by atoms with Gasteiger partial charge in [0.25, 0.3) is 5.91 Å². The molecule has 0 aromatic carbocycles. The molecule has 2 aromatic heterocycles. The number of hydrogen-bond acceptors (Lipinski definition) is 4. The fraction of sp³-hybridized carbons (Fsp3) is 0.500. The molecule has 3 heterocycles. The van der Waals surface area contributed by atoms with E-state index in [0.717, 1.165) is 18.5 Å². The number of nitrogens with zero attached hydrogens (tertiary/aromatic N) is 3. The zero-order chi connectivity index (χ0) is 13.8. The zero-order valence-electron chi connectivity index (χ0n) is 11.4. The van der Waals surface area contributed by atoms with Gasteiger partial charge in [-0.2, -0.15) is 5.10 Å². The van der Waals surface area contributed by atoms with Crippen LogP contribution in [0.5, 0.6) is 0 Å². The molecule has 0 radical (unpaired) electrons. The highest BCUT2D eigenvalue weighted by atomic mass is 16.1. The van der Waals surface area contributed by atoms with Crippen molar-refractivity contribution in [2.75, 3.05) is 13.1 Å². The van der Waals surface area contributed by atoms with E-state index in [1.54, 1.807) is 29.3 Å². The maximum absolute atomic E-state index is 12.1. The summed E-state index contributed by atoms with van der Waals surface area (Å²) in [5.41, 5.74) is 1.32. The number of hydrogen-bond donors (Lipinski definition) is 2. The van der Waals surface area contributed by atoms with Gasteiger partial charge in [-0.15, -0.1) is 0 Å². The number of carbonyl (C=O) groups excluding carboxylic acids is 1.